The molecule has 0 aliphatic carbocycles. The van der Waals surface area contributed by atoms with Crippen LogP contribution in [0.15, 0.2) is 58.7 Å². The molecule has 3 heterocycles. The molecule has 0 fully saturated rings. The molecule has 2 aromatic carbocycles. The van der Waals surface area contributed by atoms with Crippen molar-refractivity contribution in [1.29, 1.82) is 0 Å². The Balaban J connectivity index is 1.64. The SMILES string of the molecule is Cc1ccc(/C=C2\CCn3c2nc2scc(-c4ccccc4)c2c3=O)cc1[N+](=O)[O-]. The van der Waals surface area contributed by atoms with Gasteiger partial charge in [-0.15, -0.1) is 11.3 Å². The summed E-state index contributed by atoms with van der Waals surface area (Å²) >= 11 is 1.46. The fourth-order valence-electron chi connectivity index (χ4n) is 3.90. The van der Waals surface area contributed by atoms with Crippen molar-refractivity contribution in [1.82, 2.24) is 9.55 Å². The number of thiophene rings is 1. The first-order valence-electron chi connectivity index (χ1n) is 9.56. The molecule has 1 aliphatic heterocycles. The fourth-order valence-corrected chi connectivity index (χ4v) is 4.84. The number of aromatic nitrogens is 2. The van der Waals surface area contributed by atoms with Gasteiger partial charge in [0.25, 0.3) is 11.2 Å². The van der Waals surface area contributed by atoms with Crippen molar-refractivity contribution in [3.8, 4) is 11.1 Å². The van der Waals surface area contributed by atoms with E-state index in [1.165, 1.54) is 11.3 Å². The van der Waals surface area contributed by atoms with E-state index in [1.54, 1.807) is 23.6 Å². The van der Waals surface area contributed by atoms with Gasteiger partial charge in [0.15, 0.2) is 0 Å². The van der Waals surface area contributed by atoms with Gasteiger partial charge in [0.05, 0.1) is 10.3 Å². The fraction of sp³-hybridized carbons (Fsp3) is 0.130. The van der Waals surface area contributed by atoms with Crippen LogP contribution in [-0.2, 0) is 6.54 Å². The van der Waals surface area contributed by atoms with Crippen molar-refractivity contribution in [3.05, 3.63) is 91.3 Å². The van der Waals surface area contributed by atoms with Crippen LogP contribution in [0, 0.1) is 17.0 Å². The minimum atomic E-state index is -0.372. The minimum absolute atomic E-state index is 0.0339. The van der Waals surface area contributed by atoms with Crippen LogP contribution in [0.3, 0.4) is 0 Å². The van der Waals surface area contributed by atoms with Crippen LogP contribution in [0.1, 0.15) is 23.4 Å². The molecule has 1 aliphatic rings. The molecule has 7 heteroatoms. The Morgan fingerprint density at radius 1 is 1.20 bits per heavy atom. The molecule has 0 atom stereocenters. The third-order valence-electron chi connectivity index (χ3n) is 5.44. The number of nitrogens with zero attached hydrogens (tertiary/aromatic N) is 3. The second kappa shape index (κ2) is 7.03. The zero-order valence-electron chi connectivity index (χ0n) is 16.2. The van der Waals surface area contributed by atoms with Crippen molar-refractivity contribution in [3.63, 3.8) is 0 Å². The Labute approximate surface area is 175 Å². The van der Waals surface area contributed by atoms with Crippen LogP contribution in [0.4, 0.5) is 5.69 Å². The van der Waals surface area contributed by atoms with E-state index in [9.17, 15) is 14.9 Å². The van der Waals surface area contributed by atoms with Gasteiger partial charge in [0.2, 0.25) is 0 Å². The van der Waals surface area contributed by atoms with E-state index in [0.29, 0.717) is 34.6 Å². The van der Waals surface area contributed by atoms with Crippen LogP contribution in [0.25, 0.3) is 33.0 Å². The maximum absolute atomic E-state index is 13.3. The molecule has 6 nitrogen and oxygen atoms in total. The van der Waals surface area contributed by atoms with Gasteiger partial charge in [-0.25, -0.2) is 4.98 Å². The minimum Gasteiger partial charge on any atom is -0.292 e. The van der Waals surface area contributed by atoms with Gasteiger partial charge < -0.3 is 0 Å². The van der Waals surface area contributed by atoms with E-state index in [0.717, 1.165) is 22.3 Å². The van der Waals surface area contributed by atoms with Gasteiger partial charge in [0, 0.05) is 29.1 Å². The maximum Gasteiger partial charge on any atom is 0.272 e. The van der Waals surface area contributed by atoms with Gasteiger partial charge in [-0.05, 0) is 36.1 Å². The number of hydrogen-bond acceptors (Lipinski definition) is 5. The van der Waals surface area contributed by atoms with E-state index in [4.69, 9.17) is 4.98 Å². The molecule has 0 spiro atoms. The molecule has 0 saturated heterocycles. The van der Waals surface area contributed by atoms with E-state index in [1.807, 2.05) is 47.9 Å². The quantitative estimate of drug-likeness (QED) is 0.337. The zero-order chi connectivity index (χ0) is 20.8. The second-order valence-electron chi connectivity index (χ2n) is 7.31. The lowest BCUT2D eigenvalue weighted by atomic mass is 10.1. The summed E-state index contributed by atoms with van der Waals surface area (Å²) in [5.74, 6) is 0.650. The molecule has 2 aromatic heterocycles. The number of fused-ring (bicyclic) bond motifs is 2. The molecule has 0 unspecified atom stereocenters. The third kappa shape index (κ3) is 2.95. The number of rotatable bonds is 3. The number of nitro groups is 1. The Morgan fingerprint density at radius 3 is 2.77 bits per heavy atom. The lowest BCUT2D eigenvalue weighted by molar-refractivity contribution is -0.385. The van der Waals surface area contributed by atoms with Crippen LogP contribution in [-0.4, -0.2) is 14.5 Å². The van der Waals surface area contributed by atoms with Crippen LogP contribution in [0.5, 0.6) is 0 Å². The van der Waals surface area contributed by atoms with Crippen molar-refractivity contribution < 1.29 is 4.92 Å². The number of benzene rings is 2. The second-order valence-corrected chi connectivity index (χ2v) is 8.17. The normalized spacial score (nSPS) is 14.4. The summed E-state index contributed by atoms with van der Waals surface area (Å²) in [5, 5.41) is 13.9. The van der Waals surface area contributed by atoms with Gasteiger partial charge in [0.1, 0.15) is 10.7 Å². The predicted molar refractivity (Wildman–Crippen MR) is 120 cm³/mol. The molecule has 0 bridgehead atoms. The highest BCUT2D eigenvalue weighted by atomic mass is 32.1. The number of nitro benzene ring substituents is 1. The van der Waals surface area contributed by atoms with Crippen molar-refractivity contribution in [2.24, 2.45) is 0 Å². The van der Waals surface area contributed by atoms with Gasteiger partial charge in [-0.2, -0.15) is 0 Å². The largest absolute Gasteiger partial charge is 0.292 e. The molecule has 0 N–H and O–H groups in total. The van der Waals surface area contributed by atoms with Crippen LogP contribution in [0.2, 0.25) is 0 Å². The summed E-state index contributed by atoms with van der Waals surface area (Å²) in [4.78, 5) is 29.7. The Kier molecular flexibility index (Phi) is 4.33. The zero-order valence-corrected chi connectivity index (χ0v) is 17.0. The van der Waals surface area contributed by atoms with E-state index < -0.39 is 0 Å². The molecule has 30 heavy (non-hydrogen) atoms. The molecular formula is C23H17N3O3S. The molecular weight excluding hydrogens is 398 g/mol. The molecule has 0 amide bonds. The highest BCUT2D eigenvalue weighted by molar-refractivity contribution is 7.17. The average Bonchev–Trinajstić information content (AvgIpc) is 3.35. The maximum atomic E-state index is 13.3. The highest BCUT2D eigenvalue weighted by Gasteiger charge is 2.23. The Bertz CT molecular complexity index is 1400. The summed E-state index contributed by atoms with van der Waals surface area (Å²) in [6.45, 7) is 2.28. The number of hydrogen-bond donors (Lipinski definition) is 0. The molecule has 148 valence electrons. The van der Waals surface area contributed by atoms with E-state index in [-0.39, 0.29) is 16.2 Å². The summed E-state index contributed by atoms with van der Waals surface area (Å²) in [6.07, 6.45) is 2.57. The van der Waals surface area contributed by atoms with Crippen molar-refractivity contribution in [2.75, 3.05) is 0 Å². The summed E-state index contributed by atoms with van der Waals surface area (Å²) in [7, 11) is 0. The van der Waals surface area contributed by atoms with Gasteiger partial charge in [-0.1, -0.05) is 42.5 Å². The monoisotopic (exact) mass is 415 g/mol. The van der Waals surface area contributed by atoms with Crippen molar-refractivity contribution >= 4 is 38.9 Å². The molecule has 5 rings (SSSR count). The summed E-state index contributed by atoms with van der Waals surface area (Å²) in [5.41, 5.74) is 4.25. The lowest BCUT2D eigenvalue weighted by Gasteiger charge is -2.05. The van der Waals surface area contributed by atoms with E-state index in [2.05, 4.69) is 0 Å². The van der Waals surface area contributed by atoms with E-state index >= 15 is 0 Å². The standard InChI is InChI=1S/C23H17N3O3S/c1-14-7-8-15(12-19(14)26(28)29)11-17-9-10-25-21(17)24-22-20(23(25)27)18(13-30-22)16-5-3-2-4-6-16/h2-8,11-13H,9-10H2,1H3/b17-11+. The number of aryl methyl sites for hydroxylation is 1. The average molecular weight is 415 g/mol. The summed E-state index contributed by atoms with van der Waals surface area (Å²) < 4.78 is 1.72. The van der Waals surface area contributed by atoms with Crippen molar-refractivity contribution in [2.45, 2.75) is 19.9 Å². The Hall–Kier alpha value is -3.58. The third-order valence-corrected chi connectivity index (χ3v) is 6.31. The predicted octanol–water partition coefficient (Wildman–Crippen LogP) is 5.29. The smallest absolute Gasteiger partial charge is 0.272 e. The first-order valence-corrected chi connectivity index (χ1v) is 10.4. The van der Waals surface area contributed by atoms with Gasteiger partial charge in [-0.3, -0.25) is 19.5 Å². The lowest BCUT2D eigenvalue weighted by Crippen LogP contribution is -2.20. The first-order chi connectivity index (χ1) is 14.5. The first kappa shape index (κ1) is 18.4. The topological polar surface area (TPSA) is 78.0 Å². The molecule has 4 aromatic rings. The molecule has 0 saturated carbocycles. The highest BCUT2D eigenvalue weighted by Crippen LogP contribution is 2.34. The van der Waals surface area contributed by atoms with Crippen LogP contribution >= 0.6 is 11.3 Å². The van der Waals surface area contributed by atoms with Crippen LogP contribution < -0.4 is 5.56 Å². The number of allylic oxidation sites excluding steroid dienone is 1. The molecule has 0 radical (unpaired) electrons. The Morgan fingerprint density at radius 2 is 2.00 bits per heavy atom. The summed E-state index contributed by atoms with van der Waals surface area (Å²) in [6, 6.07) is 15.0. The van der Waals surface area contributed by atoms with Gasteiger partial charge >= 0.3 is 0 Å².